The number of hydrogen-bond donors (Lipinski definition) is 2. The van der Waals surface area contributed by atoms with Gasteiger partial charge in [-0.15, -0.1) is 0 Å². The summed E-state index contributed by atoms with van der Waals surface area (Å²) in [5, 5.41) is 11.7. The predicted octanol–water partition coefficient (Wildman–Crippen LogP) is 8.09. The molecule has 59 heavy (non-hydrogen) atoms. The summed E-state index contributed by atoms with van der Waals surface area (Å²) in [7, 11) is 1.54. The number of nitrogens with one attached hydrogen (secondary N) is 1. The number of halogens is 2. The fourth-order valence-electron chi connectivity index (χ4n) is 9.79. The van der Waals surface area contributed by atoms with Crippen LogP contribution in [0.2, 0.25) is 10.0 Å². The molecule has 10 rings (SSSR count). The smallest absolute Gasteiger partial charge is 0.260 e. The third-order valence-electron chi connectivity index (χ3n) is 12.4. The maximum absolute atomic E-state index is 15.4. The zero-order valence-electron chi connectivity index (χ0n) is 31.3. The van der Waals surface area contributed by atoms with Gasteiger partial charge in [-0.1, -0.05) is 59.1 Å². The van der Waals surface area contributed by atoms with Gasteiger partial charge in [-0.25, -0.2) is 4.98 Å². The second-order valence-corrected chi connectivity index (χ2v) is 16.1. The van der Waals surface area contributed by atoms with Crippen LogP contribution < -0.4 is 15.1 Å². The second-order valence-electron chi connectivity index (χ2n) is 15.2. The normalized spacial score (nSPS) is 24.9. The molecule has 2 aliphatic carbocycles. The maximum Gasteiger partial charge on any atom is 0.260 e. The van der Waals surface area contributed by atoms with Crippen LogP contribution in [-0.2, 0) is 31.2 Å². The molecule has 6 aromatic rings. The van der Waals surface area contributed by atoms with Gasteiger partial charge in [0.15, 0.2) is 5.58 Å². The van der Waals surface area contributed by atoms with Crippen molar-refractivity contribution in [1.82, 2.24) is 9.99 Å². The summed E-state index contributed by atoms with van der Waals surface area (Å²) < 4.78 is 17.7. The third-order valence-corrected chi connectivity index (χ3v) is 12.9. The molecule has 1 saturated carbocycles. The fourth-order valence-corrected chi connectivity index (χ4v) is 10.2. The van der Waals surface area contributed by atoms with E-state index in [2.05, 4.69) is 10.4 Å². The first-order valence-electron chi connectivity index (χ1n) is 19.1. The highest BCUT2D eigenvalue weighted by molar-refractivity contribution is 6.36. The lowest BCUT2D eigenvalue weighted by atomic mass is 9.50. The van der Waals surface area contributed by atoms with Gasteiger partial charge in [0.05, 0.1) is 47.2 Å². The first-order chi connectivity index (χ1) is 28.6. The molecule has 0 spiro atoms. The quantitative estimate of drug-likeness (QED) is 0.114. The van der Waals surface area contributed by atoms with E-state index in [1.807, 2.05) is 30.3 Å². The van der Waals surface area contributed by atoms with Gasteiger partial charge in [0.2, 0.25) is 17.7 Å². The summed E-state index contributed by atoms with van der Waals surface area (Å²) >= 11 is 12.7. The summed E-state index contributed by atoms with van der Waals surface area (Å²) in [5.74, 6) is -4.42. The van der Waals surface area contributed by atoms with Gasteiger partial charge < -0.3 is 18.7 Å². The van der Waals surface area contributed by atoms with E-state index in [1.165, 1.54) is 18.1 Å². The van der Waals surface area contributed by atoms with E-state index in [0.717, 1.165) is 5.01 Å². The number of allylic oxidation sites excluding steroid dienone is 2. The number of anilines is 2. The minimum Gasteiger partial charge on any atom is -0.497 e. The number of carbonyl (C=O) groups excluding carboxylic acids is 4. The minimum absolute atomic E-state index is 0.0731. The van der Waals surface area contributed by atoms with Gasteiger partial charge in [0, 0.05) is 10.6 Å². The van der Waals surface area contributed by atoms with Crippen molar-refractivity contribution >= 4 is 69.3 Å². The molecular weight excluding hydrogens is 795 g/mol. The highest BCUT2D eigenvalue weighted by atomic mass is 35.5. The number of ether oxygens (including phenoxy) is 1. The van der Waals surface area contributed by atoms with E-state index < -0.39 is 59.3 Å². The number of fused-ring (bicyclic) bond motifs is 5. The molecule has 2 N–H and O–H groups in total. The molecular formula is C45H34Cl2N4O8. The molecule has 12 nitrogen and oxygen atoms in total. The molecule has 3 fully saturated rings. The van der Waals surface area contributed by atoms with Crippen LogP contribution in [0, 0.1) is 23.7 Å². The molecule has 4 aliphatic rings. The number of rotatable bonds is 8. The summed E-state index contributed by atoms with van der Waals surface area (Å²) in [4.78, 5) is 65.3. The number of aliphatic hydroxyl groups is 1. The number of carbonyl (C=O) groups is 4. The van der Waals surface area contributed by atoms with Gasteiger partial charge in [-0.3, -0.25) is 29.5 Å². The van der Waals surface area contributed by atoms with Crippen LogP contribution in [0.5, 0.6) is 5.75 Å². The van der Waals surface area contributed by atoms with E-state index in [9.17, 15) is 19.5 Å². The number of oxazole rings is 1. The van der Waals surface area contributed by atoms with Crippen molar-refractivity contribution in [1.29, 1.82) is 0 Å². The Kier molecular flexibility index (Phi) is 8.78. The number of amides is 4. The van der Waals surface area contributed by atoms with Crippen LogP contribution in [0.25, 0.3) is 22.6 Å². The Bertz CT molecular complexity index is 2710. The molecule has 0 radical (unpaired) electrons. The van der Waals surface area contributed by atoms with Gasteiger partial charge in [-0.2, -0.15) is 5.01 Å². The number of aliphatic hydroxyl groups excluding tert-OH is 1. The zero-order valence-corrected chi connectivity index (χ0v) is 32.8. The summed E-state index contributed by atoms with van der Waals surface area (Å²) in [6.45, 7) is -0.401. The number of imide groups is 2. The van der Waals surface area contributed by atoms with Crippen LogP contribution >= 0.6 is 23.2 Å². The van der Waals surface area contributed by atoms with E-state index >= 15 is 4.79 Å². The molecule has 0 bridgehead atoms. The second kappa shape index (κ2) is 14.0. The van der Waals surface area contributed by atoms with Gasteiger partial charge in [0.25, 0.3) is 11.8 Å². The van der Waals surface area contributed by atoms with E-state index in [4.69, 9.17) is 36.8 Å². The average Bonchev–Trinajstić information content (AvgIpc) is 4.02. The highest BCUT2D eigenvalue weighted by Gasteiger charge is 2.71. The predicted molar refractivity (Wildman–Crippen MR) is 217 cm³/mol. The molecule has 4 aromatic carbocycles. The van der Waals surface area contributed by atoms with Crippen LogP contribution in [0.1, 0.15) is 35.8 Å². The Labute approximate surface area is 346 Å². The topological polar surface area (TPSA) is 155 Å². The molecule has 2 saturated heterocycles. The van der Waals surface area contributed by atoms with E-state index in [0.29, 0.717) is 55.9 Å². The number of nitrogens with zero attached hydrogens (tertiary/aromatic N) is 3. The monoisotopic (exact) mass is 828 g/mol. The van der Waals surface area contributed by atoms with E-state index in [1.54, 1.807) is 72.8 Å². The average molecular weight is 830 g/mol. The largest absolute Gasteiger partial charge is 0.497 e. The first-order valence-corrected chi connectivity index (χ1v) is 19.9. The van der Waals surface area contributed by atoms with Crippen molar-refractivity contribution < 1.29 is 37.9 Å². The number of benzene rings is 4. The van der Waals surface area contributed by atoms with Crippen LogP contribution in [0.3, 0.4) is 0 Å². The zero-order chi connectivity index (χ0) is 40.7. The SMILES string of the molecule is COc1ccc(C23C(=O)N(Nc4ccc(Cl)cc4Cl)C(=O)C2CC2C(=CCC4C(=O)N(c5ccc(-c6nc7ccccc7o6)cc5)C(=O)C42)C3c2ccc(CO)o2)cc1. The van der Waals surface area contributed by atoms with Gasteiger partial charge in [0.1, 0.15) is 34.8 Å². The van der Waals surface area contributed by atoms with Crippen molar-refractivity contribution in [2.24, 2.45) is 23.7 Å². The van der Waals surface area contributed by atoms with Gasteiger partial charge >= 0.3 is 0 Å². The van der Waals surface area contributed by atoms with Crippen molar-refractivity contribution in [2.45, 2.75) is 30.8 Å². The van der Waals surface area contributed by atoms with Crippen LogP contribution in [-0.4, -0.2) is 45.8 Å². The summed E-state index contributed by atoms with van der Waals surface area (Å²) in [6, 6.07) is 29.3. The molecule has 4 amide bonds. The standard InChI is InChI=1S/C45H34Cl2N4O8/c1-57-27-13-8-24(9-14-27)45-32(42(54)51(44(45)56)49-34-18-10-25(46)20-33(34)47)21-31-29(39(45)37-19-15-28(22-52)58-37)16-17-30-38(31)43(55)50(41(30)53)26-11-6-23(7-12-26)40-48-35-4-2-3-5-36(35)59-40/h2-16,18-20,30-32,38-39,49,52H,17,21-22H2,1H3. The number of aromatic nitrogens is 1. The number of methoxy groups -OCH3 is 1. The lowest BCUT2D eigenvalue weighted by Gasteiger charge is -2.49. The van der Waals surface area contributed by atoms with E-state index in [-0.39, 0.29) is 35.2 Å². The maximum atomic E-state index is 15.4. The highest BCUT2D eigenvalue weighted by Crippen LogP contribution is 2.64. The molecule has 14 heteroatoms. The third kappa shape index (κ3) is 5.57. The summed E-state index contributed by atoms with van der Waals surface area (Å²) in [5.41, 5.74) is 5.33. The van der Waals surface area contributed by atoms with Gasteiger partial charge in [-0.05, 0) is 103 Å². The number of furan rings is 1. The Morgan fingerprint density at radius 2 is 1.66 bits per heavy atom. The lowest BCUT2D eigenvalue weighted by molar-refractivity contribution is -0.138. The van der Waals surface area contributed by atoms with Crippen LogP contribution in [0.15, 0.2) is 124 Å². The number of hydrazine groups is 1. The molecule has 6 unspecified atom stereocenters. The Morgan fingerprint density at radius 3 is 2.37 bits per heavy atom. The number of hydrogen-bond acceptors (Lipinski definition) is 10. The Hall–Kier alpha value is -6.21. The minimum atomic E-state index is -1.60. The first kappa shape index (κ1) is 37.1. The Balaban J connectivity index is 1.07. The van der Waals surface area contributed by atoms with Crippen molar-refractivity contribution in [2.75, 3.05) is 17.4 Å². The lowest BCUT2D eigenvalue weighted by Crippen LogP contribution is -2.53. The molecule has 2 aliphatic heterocycles. The fraction of sp³-hybridized carbons (Fsp3) is 0.222. The van der Waals surface area contributed by atoms with Crippen LogP contribution in [0.4, 0.5) is 11.4 Å². The van der Waals surface area contributed by atoms with Crippen molar-refractivity contribution in [3.05, 3.63) is 142 Å². The van der Waals surface area contributed by atoms with Crippen molar-refractivity contribution in [3.63, 3.8) is 0 Å². The van der Waals surface area contributed by atoms with Crippen molar-refractivity contribution in [3.8, 4) is 17.2 Å². The molecule has 296 valence electrons. The Morgan fingerprint density at radius 1 is 0.881 bits per heavy atom. The summed E-state index contributed by atoms with van der Waals surface area (Å²) in [6.07, 6.45) is 2.23. The number of para-hydroxylation sites is 2. The molecule has 2 aromatic heterocycles. The molecule has 6 atom stereocenters. The molecule has 4 heterocycles.